The van der Waals surface area contributed by atoms with Crippen LogP contribution in [0.25, 0.3) is 10.2 Å². The predicted molar refractivity (Wildman–Crippen MR) is 166 cm³/mol. The molecule has 2 unspecified atom stereocenters. The molecule has 1 aliphatic heterocycles. The first-order valence-corrected chi connectivity index (χ1v) is 15.5. The summed E-state index contributed by atoms with van der Waals surface area (Å²) in [5.74, 6) is 0.859. The summed E-state index contributed by atoms with van der Waals surface area (Å²) in [5.41, 5.74) is 2.40. The van der Waals surface area contributed by atoms with Crippen molar-refractivity contribution < 1.29 is 14.3 Å². The molecule has 1 aromatic heterocycles. The highest BCUT2D eigenvalue weighted by molar-refractivity contribution is 8.00. The Morgan fingerprint density at radius 1 is 1.02 bits per heavy atom. The highest BCUT2D eigenvalue weighted by atomic mass is 32.2. The number of nitrogens with one attached hydrogen (secondary N) is 2. The number of thioether (sulfide) groups is 2. The Kier molecular flexibility index (Phi) is 7.81. The fourth-order valence-corrected chi connectivity index (χ4v) is 7.52. The SMILES string of the molecule is CCOc1ccc2nc(NC(=O)CSc3cccc(NC(=O)N4c5ccccc5SC5C=CC=CC54)c3)sc2c1. The van der Waals surface area contributed by atoms with E-state index in [2.05, 4.69) is 33.8 Å². The first-order chi connectivity index (χ1) is 19.6. The lowest BCUT2D eigenvalue weighted by molar-refractivity contribution is -0.113. The number of urea groups is 1. The fourth-order valence-electron chi connectivity index (χ4n) is 4.59. The maximum Gasteiger partial charge on any atom is 0.326 e. The van der Waals surface area contributed by atoms with Gasteiger partial charge in [-0.3, -0.25) is 9.69 Å². The second kappa shape index (κ2) is 11.8. The summed E-state index contributed by atoms with van der Waals surface area (Å²) >= 11 is 4.60. The molecule has 10 heteroatoms. The molecule has 0 saturated heterocycles. The van der Waals surface area contributed by atoms with Crippen LogP contribution >= 0.6 is 34.9 Å². The summed E-state index contributed by atoms with van der Waals surface area (Å²) in [6, 6.07) is 21.0. The minimum atomic E-state index is -0.189. The van der Waals surface area contributed by atoms with Gasteiger partial charge in [0.05, 0.1) is 39.6 Å². The third-order valence-electron chi connectivity index (χ3n) is 6.33. The zero-order chi connectivity index (χ0) is 27.5. The minimum absolute atomic E-state index is 0.0700. The molecule has 4 aromatic rings. The van der Waals surface area contributed by atoms with Gasteiger partial charge in [-0.2, -0.15) is 0 Å². The smallest absolute Gasteiger partial charge is 0.326 e. The van der Waals surface area contributed by atoms with Gasteiger partial charge in [-0.1, -0.05) is 53.8 Å². The number of hydrogen-bond donors (Lipinski definition) is 2. The van der Waals surface area contributed by atoms with E-state index in [0.29, 0.717) is 17.4 Å². The topological polar surface area (TPSA) is 83.6 Å². The van der Waals surface area contributed by atoms with Gasteiger partial charge in [0.15, 0.2) is 5.13 Å². The van der Waals surface area contributed by atoms with Crippen molar-refractivity contribution in [2.75, 3.05) is 27.9 Å². The zero-order valence-electron chi connectivity index (χ0n) is 21.6. The van der Waals surface area contributed by atoms with E-state index in [9.17, 15) is 9.59 Å². The maximum absolute atomic E-state index is 13.6. The number of para-hydroxylation sites is 1. The number of benzene rings is 3. The molecule has 6 rings (SSSR count). The van der Waals surface area contributed by atoms with Crippen LogP contribution in [0, 0.1) is 0 Å². The molecule has 40 heavy (non-hydrogen) atoms. The second-order valence-corrected chi connectivity index (χ2v) is 12.4. The molecule has 0 spiro atoms. The number of allylic oxidation sites excluding steroid dienone is 2. The summed E-state index contributed by atoms with van der Waals surface area (Å²) in [4.78, 5) is 34.5. The molecule has 0 radical (unpaired) electrons. The minimum Gasteiger partial charge on any atom is -0.494 e. The summed E-state index contributed by atoms with van der Waals surface area (Å²) in [6.07, 6.45) is 8.23. The van der Waals surface area contributed by atoms with E-state index in [1.165, 1.54) is 23.1 Å². The number of rotatable bonds is 7. The third-order valence-corrected chi connectivity index (χ3v) is 9.57. The van der Waals surface area contributed by atoms with Crippen LogP contribution in [-0.2, 0) is 4.79 Å². The number of ether oxygens (including phenoxy) is 1. The highest BCUT2D eigenvalue weighted by Gasteiger charge is 2.36. The van der Waals surface area contributed by atoms with Crippen LogP contribution in [0.5, 0.6) is 5.75 Å². The number of anilines is 3. The lowest BCUT2D eigenvalue weighted by atomic mass is 10.1. The predicted octanol–water partition coefficient (Wildman–Crippen LogP) is 7.43. The Balaban J connectivity index is 1.10. The fraction of sp³-hybridized carbons (Fsp3) is 0.167. The van der Waals surface area contributed by atoms with Gasteiger partial charge in [-0.15, -0.1) is 23.5 Å². The molecule has 2 atom stereocenters. The van der Waals surface area contributed by atoms with E-state index >= 15 is 0 Å². The molecule has 7 nitrogen and oxygen atoms in total. The van der Waals surface area contributed by atoms with Crippen LogP contribution in [-0.4, -0.2) is 40.6 Å². The molecule has 1 aliphatic carbocycles. The molecular weight excluding hydrogens is 561 g/mol. The largest absolute Gasteiger partial charge is 0.494 e. The van der Waals surface area contributed by atoms with E-state index in [1.807, 2.05) is 84.6 Å². The lowest BCUT2D eigenvalue weighted by Crippen LogP contribution is -2.49. The van der Waals surface area contributed by atoms with Crippen LogP contribution in [0.4, 0.5) is 21.3 Å². The molecule has 0 bridgehead atoms. The monoisotopic (exact) mass is 586 g/mol. The summed E-state index contributed by atoms with van der Waals surface area (Å²) in [6.45, 7) is 2.54. The lowest BCUT2D eigenvalue weighted by Gasteiger charge is -2.40. The maximum atomic E-state index is 13.6. The molecular formula is C30H26N4O3S3. The van der Waals surface area contributed by atoms with Crippen LogP contribution in [0.2, 0.25) is 0 Å². The highest BCUT2D eigenvalue weighted by Crippen LogP contribution is 2.43. The number of hydrogen-bond acceptors (Lipinski definition) is 7. The van der Waals surface area contributed by atoms with Crippen molar-refractivity contribution >= 4 is 73.5 Å². The van der Waals surface area contributed by atoms with Crippen LogP contribution in [0.3, 0.4) is 0 Å². The van der Waals surface area contributed by atoms with E-state index in [-0.39, 0.29) is 29.0 Å². The van der Waals surface area contributed by atoms with Crippen LogP contribution in [0.1, 0.15) is 6.92 Å². The first kappa shape index (κ1) is 26.5. The second-order valence-electron chi connectivity index (χ2n) is 9.06. The number of thiazole rings is 1. The van der Waals surface area contributed by atoms with Gasteiger partial charge in [0.2, 0.25) is 5.91 Å². The molecule has 2 heterocycles. The molecule has 202 valence electrons. The number of amides is 3. The van der Waals surface area contributed by atoms with Crippen LogP contribution < -0.4 is 20.3 Å². The van der Waals surface area contributed by atoms with Crippen molar-refractivity contribution in [1.29, 1.82) is 0 Å². The molecule has 2 N–H and O–H groups in total. The molecule has 3 aromatic carbocycles. The van der Waals surface area contributed by atoms with E-state index in [0.717, 1.165) is 31.4 Å². The van der Waals surface area contributed by atoms with Crippen molar-refractivity contribution in [2.24, 2.45) is 0 Å². The van der Waals surface area contributed by atoms with Crippen molar-refractivity contribution in [3.63, 3.8) is 0 Å². The van der Waals surface area contributed by atoms with Gasteiger partial charge < -0.3 is 15.4 Å². The Bertz CT molecular complexity index is 1630. The standard InChI is InChI=1S/C30H26N4O3S3/c1-2-37-20-14-15-22-27(17-20)40-29(32-22)33-28(35)18-38-21-9-7-8-19(16-21)31-30(36)34-23-10-3-5-12-25(23)39-26-13-6-4-11-24(26)34/h3-17,23,25H,2,18H2,1H3,(H,31,36)(H,32,33,35). The van der Waals surface area contributed by atoms with E-state index in [1.54, 1.807) is 11.8 Å². The number of aromatic nitrogens is 1. The Morgan fingerprint density at radius 3 is 2.80 bits per heavy atom. The molecule has 0 fully saturated rings. The van der Waals surface area contributed by atoms with Crippen LogP contribution in [0.15, 0.2) is 101 Å². The van der Waals surface area contributed by atoms with Gasteiger partial charge in [-0.25, -0.2) is 9.78 Å². The Hall–Kier alpha value is -3.73. The summed E-state index contributed by atoms with van der Waals surface area (Å²) in [5, 5.41) is 6.68. The average molecular weight is 587 g/mol. The van der Waals surface area contributed by atoms with Gasteiger partial charge in [-0.05, 0) is 55.5 Å². The average Bonchev–Trinajstić information content (AvgIpc) is 3.36. The molecule has 2 aliphatic rings. The zero-order valence-corrected chi connectivity index (χ0v) is 24.0. The number of carbonyl (C=O) groups excluding carboxylic acids is 2. The van der Waals surface area contributed by atoms with Gasteiger partial charge in [0.25, 0.3) is 0 Å². The van der Waals surface area contributed by atoms with Gasteiger partial charge in [0.1, 0.15) is 5.75 Å². The van der Waals surface area contributed by atoms with Crippen molar-refractivity contribution in [1.82, 2.24) is 4.98 Å². The van der Waals surface area contributed by atoms with E-state index < -0.39 is 0 Å². The van der Waals surface area contributed by atoms with Crippen molar-refractivity contribution in [3.8, 4) is 5.75 Å². The summed E-state index contributed by atoms with van der Waals surface area (Å²) in [7, 11) is 0. The normalized spacial score (nSPS) is 17.3. The Morgan fingerprint density at radius 2 is 1.90 bits per heavy atom. The van der Waals surface area contributed by atoms with E-state index in [4.69, 9.17) is 4.74 Å². The summed E-state index contributed by atoms with van der Waals surface area (Å²) < 4.78 is 6.51. The molecule has 3 amide bonds. The first-order valence-electron chi connectivity index (χ1n) is 12.8. The number of carbonyl (C=O) groups is 2. The Labute approximate surface area is 244 Å². The number of nitrogens with zero attached hydrogens (tertiary/aromatic N) is 2. The van der Waals surface area contributed by atoms with Crippen molar-refractivity contribution in [3.05, 3.63) is 91.0 Å². The number of fused-ring (bicyclic) bond motifs is 3. The van der Waals surface area contributed by atoms with Crippen molar-refractivity contribution in [2.45, 2.75) is 28.0 Å². The molecule has 0 saturated carbocycles. The quantitative estimate of drug-likeness (QED) is 0.219. The van der Waals surface area contributed by atoms with Gasteiger partial charge >= 0.3 is 6.03 Å². The van der Waals surface area contributed by atoms with Gasteiger partial charge in [0, 0.05) is 15.5 Å². The third kappa shape index (κ3) is 5.74.